The lowest BCUT2D eigenvalue weighted by molar-refractivity contribution is -0.148. The highest BCUT2D eigenvalue weighted by atomic mass is 16.5. The van der Waals surface area contributed by atoms with Gasteiger partial charge in [0.15, 0.2) is 0 Å². The molecule has 23 heavy (non-hydrogen) atoms. The number of benzene rings is 1. The van der Waals surface area contributed by atoms with Gasteiger partial charge in [-0.3, -0.25) is 4.79 Å². The van der Waals surface area contributed by atoms with Crippen molar-refractivity contribution in [3.05, 3.63) is 29.8 Å². The number of hydrogen-bond acceptors (Lipinski definition) is 5. The summed E-state index contributed by atoms with van der Waals surface area (Å²) in [5.41, 5.74) is 2.14. The van der Waals surface area contributed by atoms with E-state index in [1.807, 2.05) is 38.1 Å². The highest BCUT2D eigenvalue weighted by molar-refractivity contribution is 5.82. The van der Waals surface area contributed by atoms with Crippen molar-refractivity contribution < 1.29 is 19.1 Å². The summed E-state index contributed by atoms with van der Waals surface area (Å²) >= 11 is 0. The van der Waals surface area contributed by atoms with Crippen molar-refractivity contribution in [2.75, 3.05) is 18.5 Å². The van der Waals surface area contributed by atoms with E-state index in [0.717, 1.165) is 11.3 Å². The van der Waals surface area contributed by atoms with Gasteiger partial charge < -0.3 is 14.8 Å². The minimum Gasteiger partial charge on any atom is -0.466 e. The molecule has 5 nitrogen and oxygen atoms in total. The van der Waals surface area contributed by atoms with Crippen molar-refractivity contribution in [2.24, 2.45) is 11.8 Å². The van der Waals surface area contributed by atoms with E-state index in [9.17, 15) is 9.59 Å². The van der Waals surface area contributed by atoms with E-state index in [1.165, 1.54) is 0 Å². The van der Waals surface area contributed by atoms with Gasteiger partial charge in [-0.1, -0.05) is 32.0 Å². The van der Waals surface area contributed by atoms with Crippen LogP contribution in [0.2, 0.25) is 0 Å². The van der Waals surface area contributed by atoms with E-state index in [-0.39, 0.29) is 29.8 Å². The summed E-state index contributed by atoms with van der Waals surface area (Å²) in [6.07, 6.45) is 1.30. The Balaban J connectivity index is 1.74. The highest BCUT2D eigenvalue weighted by Gasteiger charge is 2.28. The molecule has 1 aliphatic heterocycles. The Morgan fingerprint density at radius 2 is 2.00 bits per heavy atom. The maximum absolute atomic E-state index is 12.2. The van der Waals surface area contributed by atoms with Gasteiger partial charge in [-0.2, -0.15) is 0 Å². The van der Waals surface area contributed by atoms with Crippen LogP contribution in [0.15, 0.2) is 24.3 Å². The zero-order valence-corrected chi connectivity index (χ0v) is 14.0. The second-order valence-corrected chi connectivity index (χ2v) is 6.18. The van der Waals surface area contributed by atoms with Crippen LogP contribution in [0.25, 0.3) is 0 Å². The molecule has 126 valence electrons. The monoisotopic (exact) mass is 319 g/mol. The van der Waals surface area contributed by atoms with Crippen LogP contribution in [0.3, 0.4) is 0 Å². The third-order valence-corrected chi connectivity index (χ3v) is 4.01. The first-order valence-electron chi connectivity index (χ1n) is 8.19. The van der Waals surface area contributed by atoms with Crippen molar-refractivity contribution in [2.45, 2.75) is 39.7 Å². The highest BCUT2D eigenvalue weighted by Crippen LogP contribution is 2.25. The number of nitrogens with one attached hydrogen (secondary N) is 1. The second kappa shape index (κ2) is 7.99. The third kappa shape index (κ3) is 4.71. The van der Waals surface area contributed by atoms with Crippen molar-refractivity contribution in [1.29, 1.82) is 0 Å². The predicted octanol–water partition coefficient (Wildman–Crippen LogP) is 2.79. The number of fused-ring (bicyclic) bond motifs is 1. The molecule has 2 rings (SSSR count). The number of esters is 2. The van der Waals surface area contributed by atoms with Gasteiger partial charge >= 0.3 is 11.9 Å². The molecule has 3 atom stereocenters. The molecule has 1 aromatic carbocycles. The van der Waals surface area contributed by atoms with Crippen LogP contribution in [0.1, 0.15) is 32.8 Å². The Labute approximate surface area is 137 Å². The fourth-order valence-electron chi connectivity index (χ4n) is 2.82. The molecular formula is C18H25NO4. The zero-order chi connectivity index (χ0) is 16.8. The van der Waals surface area contributed by atoms with Crippen molar-refractivity contribution in [3.8, 4) is 0 Å². The van der Waals surface area contributed by atoms with Crippen LogP contribution in [0.4, 0.5) is 5.69 Å². The molecular weight excluding hydrogens is 294 g/mol. The largest absolute Gasteiger partial charge is 0.466 e. The molecule has 0 amide bonds. The summed E-state index contributed by atoms with van der Waals surface area (Å²) < 4.78 is 10.4. The van der Waals surface area contributed by atoms with Gasteiger partial charge in [0.25, 0.3) is 0 Å². The molecule has 0 aromatic heterocycles. The maximum Gasteiger partial charge on any atom is 0.328 e. The van der Waals surface area contributed by atoms with Gasteiger partial charge in [-0.25, -0.2) is 4.79 Å². The average Bonchev–Trinajstić information content (AvgIpc) is 2.96. The van der Waals surface area contributed by atoms with E-state index in [2.05, 4.69) is 5.32 Å². The number of para-hydroxylation sites is 1. The molecule has 1 heterocycles. The minimum absolute atomic E-state index is 0.113. The normalized spacial score (nSPS) is 18.5. The molecule has 1 N–H and O–H groups in total. The Kier molecular flexibility index (Phi) is 6.02. The summed E-state index contributed by atoms with van der Waals surface area (Å²) in [6.45, 7) is 6.31. The van der Waals surface area contributed by atoms with E-state index in [1.54, 1.807) is 6.92 Å². The van der Waals surface area contributed by atoms with Gasteiger partial charge in [0.2, 0.25) is 0 Å². The Morgan fingerprint density at radius 3 is 2.70 bits per heavy atom. The van der Waals surface area contributed by atoms with Crippen LogP contribution < -0.4 is 5.32 Å². The fourth-order valence-corrected chi connectivity index (χ4v) is 2.82. The molecule has 0 saturated heterocycles. The smallest absolute Gasteiger partial charge is 0.328 e. The molecule has 0 aliphatic carbocycles. The number of hydrogen-bond donors (Lipinski definition) is 1. The van der Waals surface area contributed by atoms with Crippen molar-refractivity contribution >= 4 is 17.6 Å². The lowest BCUT2D eigenvalue weighted by Gasteiger charge is -2.17. The van der Waals surface area contributed by atoms with Crippen LogP contribution in [-0.4, -0.2) is 31.2 Å². The summed E-state index contributed by atoms with van der Waals surface area (Å²) in [7, 11) is 0. The molecule has 1 unspecified atom stereocenters. The van der Waals surface area contributed by atoms with Crippen LogP contribution in [0, 0.1) is 11.8 Å². The summed E-state index contributed by atoms with van der Waals surface area (Å²) in [6, 6.07) is 7.57. The summed E-state index contributed by atoms with van der Waals surface area (Å²) in [5.74, 6) is -0.505. The fraction of sp³-hybridized carbons (Fsp3) is 0.556. The molecule has 1 aromatic rings. The average molecular weight is 319 g/mol. The quantitative estimate of drug-likeness (QED) is 0.783. The molecule has 0 spiro atoms. The van der Waals surface area contributed by atoms with Crippen LogP contribution in [-0.2, 0) is 25.5 Å². The number of carbonyl (C=O) groups is 2. The van der Waals surface area contributed by atoms with Gasteiger partial charge in [0, 0.05) is 12.1 Å². The zero-order valence-electron chi connectivity index (χ0n) is 14.0. The molecule has 0 radical (unpaired) electrons. The summed E-state index contributed by atoms with van der Waals surface area (Å²) in [5, 5.41) is 3.19. The third-order valence-electron chi connectivity index (χ3n) is 4.01. The molecule has 0 bridgehead atoms. The minimum atomic E-state index is -0.318. The first-order valence-corrected chi connectivity index (χ1v) is 8.19. The summed E-state index contributed by atoms with van der Waals surface area (Å²) in [4.78, 5) is 23.8. The van der Waals surface area contributed by atoms with Crippen molar-refractivity contribution in [3.63, 3.8) is 0 Å². The topological polar surface area (TPSA) is 64.6 Å². The van der Waals surface area contributed by atoms with E-state index >= 15 is 0 Å². The molecule has 0 fully saturated rings. The van der Waals surface area contributed by atoms with Gasteiger partial charge in [0.1, 0.15) is 6.04 Å². The lowest BCUT2D eigenvalue weighted by Crippen LogP contribution is -2.30. The van der Waals surface area contributed by atoms with E-state index < -0.39 is 0 Å². The first-order chi connectivity index (χ1) is 11.0. The van der Waals surface area contributed by atoms with E-state index in [0.29, 0.717) is 26.1 Å². The second-order valence-electron chi connectivity index (χ2n) is 6.18. The SMILES string of the molecule is CCOC(=O)[C@H](C)C[C@H](C)COC(=O)C1Cc2ccccc2N1. The lowest BCUT2D eigenvalue weighted by atomic mass is 9.98. The Morgan fingerprint density at radius 1 is 1.26 bits per heavy atom. The number of rotatable bonds is 7. The standard InChI is InChI=1S/C18H25NO4/c1-4-22-17(20)13(3)9-12(2)11-23-18(21)16-10-14-7-5-6-8-15(14)19-16/h5-8,12-13,16,19H,4,9-11H2,1-3H3/t12-,13+,16?/m0/s1. The Bertz CT molecular complexity index is 533. The maximum atomic E-state index is 12.2. The van der Waals surface area contributed by atoms with E-state index in [4.69, 9.17) is 9.47 Å². The van der Waals surface area contributed by atoms with Crippen molar-refractivity contribution in [1.82, 2.24) is 0 Å². The molecule has 0 saturated carbocycles. The molecule has 5 heteroatoms. The number of anilines is 1. The predicted molar refractivity (Wildman–Crippen MR) is 88.1 cm³/mol. The van der Waals surface area contributed by atoms with Gasteiger partial charge in [-0.05, 0) is 30.9 Å². The van der Waals surface area contributed by atoms with Gasteiger partial charge in [-0.15, -0.1) is 0 Å². The van der Waals surface area contributed by atoms with Gasteiger partial charge in [0.05, 0.1) is 19.1 Å². The number of ether oxygens (including phenoxy) is 2. The number of carbonyl (C=O) groups excluding carboxylic acids is 2. The first kappa shape index (κ1) is 17.3. The Hall–Kier alpha value is -2.04. The van der Waals surface area contributed by atoms with Crippen LogP contribution in [0.5, 0.6) is 0 Å². The molecule has 1 aliphatic rings. The van der Waals surface area contributed by atoms with Crippen LogP contribution >= 0.6 is 0 Å².